The fourth-order valence-corrected chi connectivity index (χ4v) is 2.40. The molecule has 0 aromatic carbocycles. The molecule has 8 heteroatoms. The first-order valence-corrected chi connectivity index (χ1v) is 6.92. The van der Waals surface area contributed by atoms with Gasteiger partial charge in [0, 0.05) is 13.0 Å². The zero-order valence-electron chi connectivity index (χ0n) is 12.0. The smallest absolute Gasteiger partial charge is 0.277 e. The molecule has 1 aliphatic rings. The Bertz CT molecular complexity index is 431. The topological polar surface area (TPSA) is 66.5 Å². The van der Waals surface area contributed by atoms with Crippen LogP contribution in [0.4, 0.5) is 18.0 Å². The van der Waals surface area contributed by atoms with Crippen LogP contribution in [0.2, 0.25) is 0 Å². The van der Waals surface area contributed by atoms with Crippen molar-refractivity contribution in [3.63, 3.8) is 0 Å². The molecule has 4 amide bonds. The van der Waals surface area contributed by atoms with E-state index < -0.39 is 35.9 Å². The largest absolute Gasteiger partial charge is 0.389 e. The number of rotatable bonds is 6. The summed E-state index contributed by atoms with van der Waals surface area (Å²) >= 11 is 0. The van der Waals surface area contributed by atoms with Gasteiger partial charge in [-0.1, -0.05) is 13.8 Å². The minimum Gasteiger partial charge on any atom is -0.277 e. The van der Waals surface area contributed by atoms with Crippen molar-refractivity contribution in [1.82, 2.24) is 10.2 Å². The average Bonchev–Trinajstić information content (AvgIpc) is 2.37. The molecule has 0 aromatic rings. The van der Waals surface area contributed by atoms with Gasteiger partial charge in [0.1, 0.15) is 5.41 Å². The predicted octanol–water partition coefficient (Wildman–Crippen LogP) is 2.60. The zero-order valence-corrected chi connectivity index (χ0v) is 12.0. The molecule has 1 heterocycles. The van der Waals surface area contributed by atoms with E-state index in [1.54, 1.807) is 13.8 Å². The van der Waals surface area contributed by atoms with E-state index >= 15 is 0 Å². The predicted molar refractivity (Wildman–Crippen MR) is 68.2 cm³/mol. The number of barbiturate groups is 1. The molecular weight excluding hydrogens is 289 g/mol. The summed E-state index contributed by atoms with van der Waals surface area (Å²) in [4.78, 5) is 36.8. The Hall–Kier alpha value is -1.60. The van der Waals surface area contributed by atoms with Gasteiger partial charge in [0.15, 0.2) is 0 Å². The Labute approximate surface area is 120 Å². The van der Waals surface area contributed by atoms with Crippen LogP contribution in [-0.2, 0) is 9.59 Å². The number of unbranched alkanes of at least 4 members (excludes halogenated alkanes) is 1. The molecule has 0 radical (unpaired) electrons. The van der Waals surface area contributed by atoms with E-state index in [2.05, 4.69) is 5.32 Å². The van der Waals surface area contributed by atoms with Gasteiger partial charge in [-0.2, -0.15) is 13.2 Å². The van der Waals surface area contributed by atoms with Crippen LogP contribution in [0.25, 0.3) is 0 Å². The molecule has 0 aromatic heterocycles. The first kappa shape index (κ1) is 17.5. The van der Waals surface area contributed by atoms with Crippen molar-refractivity contribution in [2.75, 3.05) is 6.54 Å². The number of nitrogens with zero attached hydrogens (tertiary/aromatic N) is 1. The highest BCUT2D eigenvalue weighted by Crippen LogP contribution is 2.32. The molecule has 1 saturated heterocycles. The lowest BCUT2D eigenvalue weighted by Crippen LogP contribution is -2.63. The summed E-state index contributed by atoms with van der Waals surface area (Å²) in [5.74, 6) is -1.25. The third-order valence-corrected chi connectivity index (χ3v) is 3.85. The number of amides is 4. The van der Waals surface area contributed by atoms with Crippen LogP contribution in [0.15, 0.2) is 0 Å². The second-order valence-corrected chi connectivity index (χ2v) is 5.08. The first-order chi connectivity index (χ1) is 9.68. The van der Waals surface area contributed by atoms with E-state index in [0.717, 1.165) is 4.90 Å². The van der Waals surface area contributed by atoms with Crippen molar-refractivity contribution in [3.05, 3.63) is 0 Å². The molecule has 21 heavy (non-hydrogen) atoms. The quantitative estimate of drug-likeness (QED) is 0.606. The summed E-state index contributed by atoms with van der Waals surface area (Å²) in [6.45, 7) is 3.22. The van der Waals surface area contributed by atoms with Crippen molar-refractivity contribution < 1.29 is 27.6 Å². The fraction of sp³-hybridized carbons (Fsp3) is 0.769. The van der Waals surface area contributed by atoms with Gasteiger partial charge < -0.3 is 0 Å². The lowest BCUT2D eigenvalue weighted by molar-refractivity contribution is -0.152. The van der Waals surface area contributed by atoms with Crippen molar-refractivity contribution in [2.45, 2.75) is 52.1 Å². The SMILES string of the molecule is CCC1(CC)C(=O)NC(=O)N(CCCCC(F)(F)F)C1=O. The summed E-state index contributed by atoms with van der Waals surface area (Å²) in [5, 5.41) is 2.11. The maximum atomic E-state index is 12.3. The maximum Gasteiger partial charge on any atom is 0.389 e. The highest BCUT2D eigenvalue weighted by Gasteiger charge is 2.51. The average molecular weight is 308 g/mol. The number of halogens is 3. The monoisotopic (exact) mass is 308 g/mol. The summed E-state index contributed by atoms with van der Waals surface area (Å²) in [7, 11) is 0. The standard InChI is InChI=1S/C13H19F3N2O3/c1-3-12(4-2)9(19)17-11(21)18(10(12)20)8-6-5-7-13(14,15)16/h3-8H2,1-2H3,(H,17,19,21). The number of nitrogens with one attached hydrogen (secondary N) is 1. The normalized spacial score (nSPS) is 18.9. The van der Waals surface area contributed by atoms with Crippen LogP contribution in [0.1, 0.15) is 46.0 Å². The molecule has 1 N–H and O–H groups in total. The van der Waals surface area contributed by atoms with Gasteiger partial charge >= 0.3 is 12.2 Å². The Balaban J connectivity index is 2.71. The van der Waals surface area contributed by atoms with Crippen molar-refractivity contribution in [1.29, 1.82) is 0 Å². The molecule has 0 unspecified atom stereocenters. The van der Waals surface area contributed by atoms with E-state index in [1.807, 2.05) is 0 Å². The van der Waals surface area contributed by atoms with Gasteiger partial charge in [0.05, 0.1) is 0 Å². The van der Waals surface area contributed by atoms with E-state index in [1.165, 1.54) is 0 Å². The lowest BCUT2D eigenvalue weighted by atomic mass is 9.78. The minimum absolute atomic E-state index is 0.0520. The lowest BCUT2D eigenvalue weighted by Gasteiger charge is -2.38. The number of hydrogen-bond acceptors (Lipinski definition) is 3. The molecule has 1 fully saturated rings. The van der Waals surface area contributed by atoms with Crippen molar-refractivity contribution >= 4 is 17.8 Å². The van der Waals surface area contributed by atoms with E-state index in [0.29, 0.717) is 0 Å². The van der Waals surface area contributed by atoms with Gasteiger partial charge in [-0.25, -0.2) is 4.79 Å². The molecular formula is C13H19F3N2O3. The Morgan fingerprint density at radius 1 is 1.10 bits per heavy atom. The molecule has 5 nitrogen and oxygen atoms in total. The molecule has 1 aliphatic heterocycles. The number of carbonyl (C=O) groups excluding carboxylic acids is 3. The molecule has 0 aliphatic carbocycles. The third kappa shape index (κ3) is 3.74. The zero-order chi connectivity index (χ0) is 16.3. The van der Waals surface area contributed by atoms with Crippen molar-refractivity contribution in [3.8, 4) is 0 Å². The number of alkyl halides is 3. The highest BCUT2D eigenvalue weighted by atomic mass is 19.4. The highest BCUT2D eigenvalue weighted by molar-refractivity contribution is 6.19. The van der Waals surface area contributed by atoms with E-state index in [-0.39, 0.29) is 32.2 Å². The molecule has 120 valence electrons. The molecule has 0 atom stereocenters. The Morgan fingerprint density at radius 2 is 1.67 bits per heavy atom. The van der Waals surface area contributed by atoms with Gasteiger partial charge in [0.25, 0.3) is 0 Å². The summed E-state index contributed by atoms with van der Waals surface area (Å²) in [6.07, 6.45) is -4.85. The number of imide groups is 2. The van der Waals surface area contributed by atoms with E-state index in [9.17, 15) is 27.6 Å². The van der Waals surface area contributed by atoms with Gasteiger partial charge in [-0.3, -0.25) is 19.8 Å². The Kier molecular flexibility index (Phi) is 5.36. The van der Waals surface area contributed by atoms with Crippen molar-refractivity contribution in [2.24, 2.45) is 5.41 Å². The summed E-state index contributed by atoms with van der Waals surface area (Å²) in [5.41, 5.74) is -1.29. The van der Waals surface area contributed by atoms with Crippen LogP contribution in [0.5, 0.6) is 0 Å². The third-order valence-electron chi connectivity index (χ3n) is 3.85. The minimum atomic E-state index is -4.25. The summed E-state index contributed by atoms with van der Waals surface area (Å²) < 4.78 is 36.2. The second kappa shape index (κ2) is 6.44. The van der Waals surface area contributed by atoms with Crippen LogP contribution < -0.4 is 5.32 Å². The number of hydrogen-bond donors (Lipinski definition) is 1. The number of urea groups is 1. The van der Waals surface area contributed by atoms with Gasteiger partial charge in [-0.15, -0.1) is 0 Å². The first-order valence-electron chi connectivity index (χ1n) is 6.92. The van der Waals surface area contributed by atoms with Crippen LogP contribution in [-0.4, -0.2) is 35.5 Å². The summed E-state index contributed by atoms with van der Waals surface area (Å²) in [6, 6.07) is -0.852. The van der Waals surface area contributed by atoms with E-state index in [4.69, 9.17) is 0 Å². The van der Waals surface area contributed by atoms with Crippen LogP contribution in [0, 0.1) is 5.41 Å². The fourth-order valence-electron chi connectivity index (χ4n) is 2.40. The molecule has 0 bridgehead atoms. The molecule has 1 rings (SSSR count). The molecule has 0 saturated carbocycles. The Morgan fingerprint density at radius 3 is 2.14 bits per heavy atom. The van der Waals surface area contributed by atoms with Crippen LogP contribution in [0.3, 0.4) is 0 Å². The second-order valence-electron chi connectivity index (χ2n) is 5.08. The van der Waals surface area contributed by atoms with Gasteiger partial charge in [-0.05, 0) is 25.7 Å². The molecule has 0 spiro atoms. The van der Waals surface area contributed by atoms with Crippen LogP contribution >= 0.6 is 0 Å². The maximum absolute atomic E-state index is 12.3. The number of carbonyl (C=O) groups is 3. The van der Waals surface area contributed by atoms with Gasteiger partial charge in [0.2, 0.25) is 11.8 Å².